The Bertz CT molecular complexity index is 843. The van der Waals surface area contributed by atoms with Crippen molar-refractivity contribution < 1.29 is 9.59 Å². The summed E-state index contributed by atoms with van der Waals surface area (Å²) >= 11 is 0. The van der Waals surface area contributed by atoms with Crippen molar-refractivity contribution in [3.05, 3.63) is 29.7 Å². The lowest BCUT2D eigenvalue weighted by molar-refractivity contribution is -0.117. The Morgan fingerprint density at radius 3 is 2.68 bits per heavy atom. The van der Waals surface area contributed by atoms with Gasteiger partial charge in [-0.1, -0.05) is 13.8 Å². The largest absolute Gasteiger partial charge is 0.337 e. The summed E-state index contributed by atoms with van der Waals surface area (Å²) in [7, 11) is 0. The zero-order valence-corrected chi connectivity index (χ0v) is 16.5. The lowest BCUT2D eigenvalue weighted by Crippen LogP contribution is -2.39. The summed E-state index contributed by atoms with van der Waals surface area (Å²) in [6.07, 6.45) is 6.18. The number of anilines is 1. The molecule has 0 aromatic carbocycles. The average molecular weight is 384 g/mol. The molecule has 0 radical (unpaired) electrons. The standard InChI is InChI=1S/C20H28N6O2/c1-13(2)11-15-12-17(24-23-15)20(28)25-9-6-16(7-10-25)26-18(5-8-21-26)22-19(27)14-3-4-14/h5,8,12-14,16H,3-4,6-7,9-11H2,1-2H3,(H,22,27)(H,23,24). The van der Waals surface area contributed by atoms with E-state index in [2.05, 4.69) is 34.5 Å². The molecule has 3 heterocycles. The predicted molar refractivity (Wildman–Crippen MR) is 105 cm³/mol. The van der Waals surface area contributed by atoms with E-state index in [-0.39, 0.29) is 23.8 Å². The van der Waals surface area contributed by atoms with Gasteiger partial charge in [0.1, 0.15) is 11.5 Å². The molecule has 2 N–H and O–H groups in total. The number of nitrogens with zero attached hydrogens (tertiary/aromatic N) is 4. The van der Waals surface area contributed by atoms with Crippen molar-refractivity contribution in [1.29, 1.82) is 0 Å². The van der Waals surface area contributed by atoms with Crippen molar-refractivity contribution >= 4 is 17.6 Å². The van der Waals surface area contributed by atoms with E-state index in [1.54, 1.807) is 6.20 Å². The number of H-pyrrole nitrogens is 1. The molecular weight excluding hydrogens is 356 g/mol. The van der Waals surface area contributed by atoms with E-state index in [0.717, 1.165) is 43.6 Å². The fraction of sp³-hybridized carbons (Fsp3) is 0.600. The van der Waals surface area contributed by atoms with Crippen LogP contribution in [0.3, 0.4) is 0 Å². The molecule has 0 bridgehead atoms. The van der Waals surface area contributed by atoms with Gasteiger partial charge in [-0.05, 0) is 44.1 Å². The highest BCUT2D eigenvalue weighted by atomic mass is 16.2. The van der Waals surface area contributed by atoms with Crippen molar-refractivity contribution in [2.45, 2.75) is 52.0 Å². The lowest BCUT2D eigenvalue weighted by atomic mass is 10.0. The third kappa shape index (κ3) is 4.10. The fourth-order valence-corrected chi connectivity index (χ4v) is 3.77. The van der Waals surface area contributed by atoms with Crippen LogP contribution >= 0.6 is 0 Å². The minimum absolute atomic E-state index is 0.0209. The smallest absolute Gasteiger partial charge is 0.274 e. The molecule has 1 aliphatic heterocycles. The molecule has 2 aromatic rings. The molecule has 0 spiro atoms. The van der Waals surface area contributed by atoms with E-state index < -0.39 is 0 Å². The van der Waals surface area contributed by atoms with E-state index in [4.69, 9.17) is 0 Å². The van der Waals surface area contributed by atoms with Crippen LogP contribution < -0.4 is 5.32 Å². The first kappa shape index (κ1) is 18.7. The quantitative estimate of drug-likeness (QED) is 0.800. The minimum Gasteiger partial charge on any atom is -0.337 e. The molecule has 1 aliphatic carbocycles. The number of nitrogens with one attached hydrogen (secondary N) is 2. The second-order valence-corrected chi connectivity index (χ2v) is 8.32. The van der Waals surface area contributed by atoms with Gasteiger partial charge in [0, 0.05) is 30.8 Å². The number of carbonyl (C=O) groups is 2. The maximum absolute atomic E-state index is 12.8. The number of likely N-dealkylation sites (tertiary alicyclic amines) is 1. The summed E-state index contributed by atoms with van der Waals surface area (Å²) in [5.74, 6) is 1.50. The molecule has 1 saturated carbocycles. The predicted octanol–water partition coefficient (Wildman–Crippen LogP) is 2.63. The molecule has 28 heavy (non-hydrogen) atoms. The maximum atomic E-state index is 12.8. The van der Waals surface area contributed by atoms with E-state index in [1.165, 1.54) is 0 Å². The van der Waals surface area contributed by atoms with E-state index in [9.17, 15) is 9.59 Å². The summed E-state index contributed by atoms with van der Waals surface area (Å²) in [5, 5.41) is 14.6. The molecule has 8 nitrogen and oxygen atoms in total. The van der Waals surface area contributed by atoms with Gasteiger partial charge in [-0.15, -0.1) is 0 Å². The highest BCUT2D eigenvalue weighted by Crippen LogP contribution is 2.31. The Labute approximate surface area is 164 Å². The van der Waals surface area contributed by atoms with Crippen molar-refractivity contribution in [2.75, 3.05) is 18.4 Å². The van der Waals surface area contributed by atoms with Crippen LogP contribution in [0.4, 0.5) is 5.82 Å². The van der Waals surface area contributed by atoms with Gasteiger partial charge in [0.25, 0.3) is 5.91 Å². The third-order valence-corrected chi connectivity index (χ3v) is 5.45. The molecule has 2 aliphatic rings. The number of aromatic nitrogens is 4. The summed E-state index contributed by atoms with van der Waals surface area (Å²) in [5.41, 5.74) is 1.49. The first-order valence-corrected chi connectivity index (χ1v) is 10.2. The summed E-state index contributed by atoms with van der Waals surface area (Å²) in [4.78, 5) is 26.7. The summed E-state index contributed by atoms with van der Waals surface area (Å²) in [6.45, 7) is 5.60. The first-order chi connectivity index (χ1) is 13.5. The lowest BCUT2D eigenvalue weighted by Gasteiger charge is -2.32. The number of piperidine rings is 1. The van der Waals surface area contributed by atoms with E-state index in [1.807, 2.05) is 21.7 Å². The second-order valence-electron chi connectivity index (χ2n) is 8.32. The molecule has 150 valence electrons. The Morgan fingerprint density at radius 2 is 2.00 bits per heavy atom. The van der Waals surface area contributed by atoms with Crippen LogP contribution in [-0.2, 0) is 11.2 Å². The van der Waals surface area contributed by atoms with Gasteiger partial charge in [-0.3, -0.25) is 14.7 Å². The number of hydrogen-bond donors (Lipinski definition) is 2. The molecule has 2 fully saturated rings. The monoisotopic (exact) mass is 384 g/mol. The topological polar surface area (TPSA) is 95.9 Å². The molecule has 2 aromatic heterocycles. The normalized spacial score (nSPS) is 17.9. The van der Waals surface area contributed by atoms with Gasteiger partial charge in [-0.2, -0.15) is 10.2 Å². The fourth-order valence-electron chi connectivity index (χ4n) is 3.77. The molecule has 0 atom stereocenters. The van der Waals surface area contributed by atoms with E-state index in [0.29, 0.717) is 24.7 Å². The van der Waals surface area contributed by atoms with Crippen LogP contribution in [0.25, 0.3) is 0 Å². The van der Waals surface area contributed by atoms with Crippen molar-refractivity contribution in [2.24, 2.45) is 11.8 Å². The van der Waals surface area contributed by atoms with Gasteiger partial charge >= 0.3 is 0 Å². The Hall–Kier alpha value is -2.64. The number of hydrogen-bond acceptors (Lipinski definition) is 4. The third-order valence-electron chi connectivity index (χ3n) is 5.45. The summed E-state index contributed by atoms with van der Waals surface area (Å²) in [6, 6.07) is 3.90. The maximum Gasteiger partial charge on any atom is 0.274 e. The van der Waals surface area contributed by atoms with Crippen LogP contribution in [0, 0.1) is 11.8 Å². The minimum atomic E-state index is -0.0209. The van der Waals surface area contributed by atoms with Gasteiger partial charge in [0.05, 0.1) is 12.2 Å². The first-order valence-electron chi connectivity index (χ1n) is 10.2. The van der Waals surface area contributed by atoms with Crippen LogP contribution in [0.15, 0.2) is 18.3 Å². The SMILES string of the molecule is CC(C)Cc1cc(C(=O)N2CCC(n3nccc3NC(=O)C3CC3)CC2)n[nH]1. The Kier molecular flexibility index (Phi) is 5.19. The zero-order chi connectivity index (χ0) is 19.7. The number of aromatic amines is 1. The Morgan fingerprint density at radius 1 is 1.25 bits per heavy atom. The molecule has 1 saturated heterocycles. The van der Waals surface area contributed by atoms with Crippen LogP contribution in [0.1, 0.15) is 61.8 Å². The van der Waals surface area contributed by atoms with Gasteiger partial charge in [0.2, 0.25) is 5.91 Å². The van der Waals surface area contributed by atoms with Gasteiger partial charge in [0.15, 0.2) is 0 Å². The van der Waals surface area contributed by atoms with Gasteiger partial charge in [-0.25, -0.2) is 4.68 Å². The number of amides is 2. The van der Waals surface area contributed by atoms with E-state index >= 15 is 0 Å². The van der Waals surface area contributed by atoms with Gasteiger partial charge < -0.3 is 10.2 Å². The highest BCUT2D eigenvalue weighted by Gasteiger charge is 2.31. The highest BCUT2D eigenvalue weighted by molar-refractivity contribution is 5.93. The molecule has 8 heteroatoms. The molecule has 4 rings (SSSR count). The number of rotatable bonds is 6. The molecule has 2 amide bonds. The average Bonchev–Trinajstić information content (AvgIpc) is 3.27. The van der Waals surface area contributed by atoms with Crippen molar-refractivity contribution in [3.8, 4) is 0 Å². The van der Waals surface area contributed by atoms with Crippen molar-refractivity contribution in [1.82, 2.24) is 24.9 Å². The molecular formula is C20H28N6O2. The van der Waals surface area contributed by atoms with Crippen molar-refractivity contribution in [3.63, 3.8) is 0 Å². The van der Waals surface area contributed by atoms with Crippen LogP contribution in [0.2, 0.25) is 0 Å². The van der Waals surface area contributed by atoms with Crippen LogP contribution in [0.5, 0.6) is 0 Å². The second kappa shape index (κ2) is 7.77. The zero-order valence-electron chi connectivity index (χ0n) is 16.5. The van der Waals surface area contributed by atoms with Crippen LogP contribution in [-0.4, -0.2) is 49.8 Å². The number of carbonyl (C=O) groups excluding carboxylic acids is 2. The molecule has 0 unspecified atom stereocenters. The summed E-state index contributed by atoms with van der Waals surface area (Å²) < 4.78 is 1.90. The Balaban J connectivity index is 1.34.